The Morgan fingerprint density at radius 3 is 2.70 bits per heavy atom. The van der Waals surface area contributed by atoms with Crippen LogP contribution >= 0.6 is 0 Å². The molecule has 140 valence electrons. The van der Waals surface area contributed by atoms with Crippen LogP contribution in [0.3, 0.4) is 0 Å². The van der Waals surface area contributed by atoms with Gasteiger partial charge in [0.25, 0.3) is 5.91 Å². The van der Waals surface area contributed by atoms with Gasteiger partial charge in [0.1, 0.15) is 16.9 Å². The van der Waals surface area contributed by atoms with Crippen LogP contribution < -0.4 is 16.3 Å². The number of benzene rings is 2. The number of nitrogens with zero attached hydrogens (tertiary/aromatic N) is 1. The molecule has 3 N–H and O–H groups in total. The van der Waals surface area contributed by atoms with Gasteiger partial charge in [-0.2, -0.15) is 0 Å². The quantitative estimate of drug-likeness (QED) is 0.436. The maximum Gasteiger partial charge on any atom is 0.256 e. The molecular formula is C21H23N3O3. The second kappa shape index (κ2) is 8.89. The molecule has 1 heterocycles. The summed E-state index contributed by atoms with van der Waals surface area (Å²) in [5.41, 5.74) is 4.62. The van der Waals surface area contributed by atoms with Gasteiger partial charge in [0.05, 0.1) is 5.69 Å². The molecule has 0 atom stereocenters. The molecule has 0 unspecified atom stereocenters. The van der Waals surface area contributed by atoms with E-state index in [1.807, 2.05) is 30.3 Å². The van der Waals surface area contributed by atoms with E-state index in [1.165, 1.54) is 6.07 Å². The Morgan fingerprint density at radius 2 is 1.93 bits per heavy atom. The van der Waals surface area contributed by atoms with Gasteiger partial charge in [-0.3, -0.25) is 10.2 Å². The lowest BCUT2D eigenvalue weighted by atomic mass is 10.1. The highest BCUT2D eigenvalue weighted by atomic mass is 16.3. The first-order valence-corrected chi connectivity index (χ1v) is 9.07. The summed E-state index contributed by atoms with van der Waals surface area (Å²) in [5.74, 6) is -0.150. The number of hydrogen-bond acceptors (Lipinski definition) is 5. The van der Waals surface area contributed by atoms with Gasteiger partial charge in [-0.25, -0.2) is 0 Å². The number of rotatable bonds is 7. The van der Waals surface area contributed by atoms with Crippen molar-refractivity contribution < 1.29 is 14.3 Å². The Kier molecular flexibility index (Phi) is 6.10. The molecule has 6 nitrogen and oxygen atoms in total. The van der Waals surface area contributed by atoms with Crippen molar-refractivity contribution in [3.63, 3.8) is 0 Å². The molecule has 6 heteroatoms. The molecule has 27 heavy (non-hydrogen) atoms. The number of amides is 1. The lowest BCUT2D eigenvalue weighted by Crippen LogP contribution is -2.30. The monoisotopic (exact) mass is 365 g/mol. The lowest BCUT2D eigenvalue weighted by molar-refractivity contribution is 0.0949. The van der Waals surface area contributed by atoms with Crippen molar-refractivity contribution in [1.29, 1.82) is 0 Å². The van der Waals surface area contributed by atoms with Crippen LogP contribution in [-0.2, 0) is 0 Å². The maximum absolute atomic E-state index is 12.6. The molecule has 1 amide bonds. The zero-order chi connectivity index (χ0) is 19.1. The van der Waals surface area contributed by atoms with Crippen LogP contribution in [0.2, 0.25) is 0 Å². The zero-order valence-corrected chi connectivity index (χ0v) is 15.2. The minimum absolute atomic E-state index is 0.0879. The predicted molar refractivity (Wildman–Crippen MR) is 105 cm³/mol. The summed E-state index contributed by atoms with van der Waals surface area (Å²) < 4.78 is 5.79. The summed E-state index contributed by atoms with van der Waals surface area (Å²) in [6, 6.07) is 15.9. The van der Waals surface area contributed by atoms with Crippen molar-refractivity contribution in [2.24, 2.45) is 5.10 Å². The van der Waals surface area contributed by atoms with Gasteiger partial charge in [-0.05, 0) is 36.8 Å². The van der Waals surface area contributed by atoms with Crippen molar-refractivity contribution >= 4 is 22.6 Å². The Hall–Kier alpha value is -3.28. The molecule has 0 aliphatic heterocycles. The third-order valence-corrected chi connectivity index (χ3v) is 4.10. The summed E-state index contributed by atoms with van der Waals surface area (Å²) in [7, 11) is 0. The number of phenolic OH excluding ortho intramolecular Hbond substituents is 1. The molecule has 0 spiro atoms. The average molecular weight is 365 g/mol. The summed E-state index contributed by atoms with van der Waals surface area (Å²) >= 11 is 0. The van der Waals surface area contributed by atoms with Gasteiger partial charge < -0.3 is 14.8 Å². The van der Waals surface area contributed by atoms with Crippen molar-refractivity contribution in [3.8, 4) is 5.75 Å². The van der Waals surface area contributed by atoms with E-state index in [0.717, 1.165) is 24.9 Å². The first kappa shape index (κ1) is 18.5. The second-order valence-electron chi connectivity index (χ2n) is 6.24. The summed E-state index contributed by atoms with van der Waals surface area (Å²) in [4.78, 5) is 12.6. The number of unbranched alkanes of at least 4 members (excludes halogenated alkanes) is 2. The normalized spacial score (nSPS) is 11.5. The lowest BCUT2D eigenvalue weighted by Gasteiger charge is -2.07. The fraction of sp³-hybridized carbons (Fsp3) is 0.238. The third kappa shape index (κ3) is 4.88. The number of phenols is 1. The number of carbonyl (C=O) groups is 1. The predicted octanol–water partition coefficient (Wildman–Crippen LogP) is 3.99. The molecule has 0 aliphatic rings. The van der Waals surface area contributed by atoms with Crippen LogP contribution in [0.25, 0.3) is 11.0 Å². The molecule has 0 bridgehead atoms. The van der Waals surface area contributed by atoms with E-state index >= 15 is 0 Å². The van der Waals surface area contributed by atoms with Crippen molar-refractivity contribution in [1.82, 2.24) is 5.32 Å². The second-order valence-corrected chi connectivity index (χ2v) is 6.24. The standard InChI is InChI=1S/C21H23N3O3/c1-2-3-7-12-22-20(26)18-13-15-10-11-17(25)14-19(15)27-21(18)24-23-16-8-5-4-6-9-16/h4-6,8-11,13-14,23,25H,2-3,7,12H2,1H3,(H,22,26)/b24-21-. The molecule has 3 aromatic rings. The number of para-hydroxylation sites is 1. The van der Waals surface area contributed by atoms with Crippen LogP contribution in [0, 0.1) is 0 Å². The Bertz CT molecular complexity index is 981. The van der Waals surface area contributed by atoms with E-state index in [-0.39, 0.29) is 17.2 Å². The molecule has 0 fully saturated rings. The van der Waals surface area contributed by atoms with E-state index in [9.17, 15) is 9.90 Å². The average Bonchev–Trinajstić information content (AvgIpc) is 2.69. The van der Waals surface area contributed by atoms with Crippen molar-refractivity contribution in [2.75, 3.05) is 12.0 Å². The molecule has 0 saturated heterocycles. The highest BCUT2D eigenvalue weighted by Gasteiger charge is 2.12. The van der Waals surface area contributed by atoms with Gasteiger partial charge in [0.2, 0.25) is 5.55 Å². The fourth-order valence-electron chi connectivity index (χ4n) is 2.65. The van der Waals surface area contributed by atoms with Crippen LogP contribution in [0.15, 0.2) is 64.1 Å². The smallest absolute Gasteiger partial charge is 0.256 e. The van der Waals surface area contributed by atoms with E-state index < -0.39 is 0 Å². The van der Waals surface area contributed by atoms with Crippen molar-refractivity contribution in [2.45, 2.75) is 26.2 Å². The first-order chi connectivity index (χ1) is 13.2. The molecule has 0 saturated carbocycles. The molecule has 1 aromatic heterocycles. The van der Waals surface area contributed by atoms with E-state index in [1.54, 1.807) is 18.2 Å². The van der Waals surface area contributed by atoms with E-state index in [4.69, 9.17) is 4.42 Å². The van der Waals surface area contributed by atoms with Crippen LogP contribution in [0.4, 0.5) is 5.69 Å². The molecule has 0 aliphatic carbocycles. The Morgan fingerprint density at radius 1 is 1.11 bits per heavy atom. The Labute approximate surface area is 157 Å². The van der Waals surface area contributed by atoms with Crippen molar-refractivity contribution in [3.05, 3.63) is 65.7 Å². The number of nitrogens with one attached hydrogen (secondary N) is 2. The topological polar surface area (TPSA) is 86.9 Å². The molecule has 0 radical (unpaired) electrons. The van der Waals surface area contributed by atoms with Crippen LogP contribution in [0.1, 0.15) is 36.5 Å². The molecule has 2 aromatic carbocycles. The summed E-state index contributed by atoms with van der Waals surface area (Å²) in [5, 5.41) is 17.6. The van der Waals surface area contributed by atoms with Gasteiger partial charge >= 0.3 is 0 Å². The molecular weight excluding hydrogens is 342 g/mol. The number of carbonyl (C=O) groups excluding carboxylic acids is 1. The number of hydrogen-bond donors (Lipinski definition) is 3. The summed E-state index contributed by atoms with van der Waals surface area (Å²) in [6.45, 7) is 2.72. The number of anilines is 1. The highest BCUT2D eigenvalue weighted by molar-refractivity contribution is 5.96. The molecule has 3 rings (SSSR count). The van der Waals surface area contributed by atoms with E-state index in [2.05, 4.69) is 22.8 Å². The van der Waals surface area contributed by atoms with Gasteiger partial charge in [0.15, 0.2) is 0 Å². The Balaban J connectivity index is 1.96. The van der Waals surface area contributed by atoms with Crippen LogP contribution in [0.5, 0.6) is 5.75 Å². The minimum atomic E-state index is -0.238. The third-order valence-electron chi connectivity index (χ3n) is 4.10. The van der Waals surface area contributed by atoms with E-state index in [0.29, 0.717) is 23.1 Å². The number of aromatic hydroxyl groups is 1. The van der Waals surface area contributed by atoms with Crippen LogP contribution in [-0.4, -0.2) is 17.6 Å². The minimum Gasteiger partial charge on any atom is -0.508 e. The van der Waals surface area contributed by atoms with Gasteiger partial charge in [0, 0.05) is 18.0 Å². The number of fused-ring (bicyclic) bond motifs is 1. The fourth-order valence-corrected chi connectivity index (χ4v) is 2.65. The SMILES string of the molecule is CCCCCNC(=O)c1cc2ccc(O)cc2o/c1=N\Nc1ccccc1. The summed E-state index contributed by atoms with van der Waals surface area (Å²) in [6.07, 6.45) is 3.08. The highest BCUT2D eigenvalue weighted by Crippen LogP contribution is 2.19. The zero-order valence-electron chi connectivity index (χ0n) is 15.2. The first-order valence-electron chi connectivity index (χ1n) is 9.07. The largest absolute Gasteiger partial charge is 0.508 e. The van der Waals surface area contributed by atoms with Gasteiger partial charge in [-0.15, -0.1) is 5.10 Å². The maximum atomic E-state index is 12.6. The van der Waals surface area contributed by atoms with Gasteiger partial charge in [-0.1, -0.05) is 38.0 Å².